The van der Waals surface area contributed by atoms with E-state index in [9.17, 15) is 10.1 Å². The fourth-order valence-electron chi connectivity index (χ4n) is 1.63. The lowest BCUT2D eigenvalue weighted by Gasteiger charge is -1.99. The Kier molecular flexibility index (Phi) is 3.51. The molecule has 0 amide bonds. The van der Waals surface area contributed by atoms with Crippen LogP contribution in [0.4, 0.5) is 5.69 Å². The number of hydrogen-bond acceptors (Lipinski definition) is 4. The van der Waals surface area contributed by atoms with E-state index in [2.05, 4.69) is 5.32 Å². The molecular weight excluding hydrogens is 236 g/mol. The first-order valence-electron chi connectivity index (χ1n) is 5.19. The average molecular weight is 248 g/mol. The predicted molar refractivity (Wildman–Crippen MR) is 69.2 cm³/mol. The summed E-state index contributed by atoms with van der Waals surface area (Å²) in [4.78, 5) is 12.7. The highest BCUT2D eigenvalue weighted by atomic mass is 32.1. The highest BCUT2D eigenvalue weighted by Gasteiger charge is 2.15. The third kappa shape index (κ3) is 2.51. The minimum Gasteiger partial charge on any atom is -0.315 e. The van der Waals surface area contributed by atoms with E-state index in [1.54, 1.807) is 23.5 Å². The molecule has 0 aliphatic rings. The fourth-order valence-corrected chi connectivity index (χ4v) is 2.69. The summed E-state index contributed by atoms with van der Waals surface area (Å²) in [5.74, 6) is 0. The first-order chi connectivity index (χ1) is 8.22. The SMILES string of the molecule is CNCc1ccc(-c2ccccc2[N+](=O)[O-])s1. The number of rotatable bonds is 4. The summed E-state index contributed by atoms with van der Waals surface area (Å²) in [6.07, 6.45) is 0. The van der Waals surface area contributed by atoms with Crippen molar-refractivity contribution < 1.29 is 4.92 Å². The van der Waals surface area contributed by atoms with E-state index < -0.39 is 0 Å². The summed E-state index contributed by atoms with van der Waals surface area (Å²) in [7, 11) is 1.88. The number of hydrogen-bond donors (Lipinski definition) is 1. The van der Waals surface area contributed by atoms with E-state index in [1.165, 1.54) is 10.9 Å². The molecule has 2 aromatic rings. The smallest absolute Gasteiger partial charge is 0.278 e. The first kappa shape index (κ1) is 11.8. The average Bonchev–Trinajstić information content (AvgIpc) is 2.78. The summed E-state index contributed by atoms with van der Waals surface area (Å²) >= 11 is 1.58. The zero-order chi connectivity index (χ0) is 12.3. The van der Waals surface area contributed by atoms with Gasteiger partial charge < -0.3 is 5.32 Å². The highest BCUT2D eigenvalue weighted by molar-refractivity contribution is 7.15. The molecular formula is C12H12N2O2S. The Labute approximate surface area is 103 Å². The Bertz CT molecular complexity index is 537. The maximum Gasteiger partial charge on any atom is 0.278 e. The number of nitrogens with zero attached hydrogens (tertiary/aromatic N) is 1. The normalized spacial score (nSPS) is 10.4. The van der Waals surface area contributed by atoms with E-state index in [0.29, 0.717) is 5.56 Å². The molecule has 1 heterocycles. The number of benzene rings is 1. The van der Waals surface area contributed by atoms with Crippen molar-refractivity contribution in [3.05, 3.63) is 51.4 Å². The van der Waals surface area contributed by atoms with Gasteiger partial charge in [0.1, 0.15) is 0 Å². The quantitative estimate of drug-likeness (QED) is 0.668. The van der Waals surface area contributed by atoms with Crippen molar-refractivity contribution in [3.63, 3.8) is 0 Å². The van der Waals surface area contributed by atoms with Crippen LogP contribution < -0.4 is 5.32 Å². The maximum atomic E-state index is 10.9. The van der Waals surface area contributed by atoms with Crippen molar-refractivity contribution in [3.8, 4) is 10.4 Å². The Morgan fingerprint density at radius 2 is 2.06 bits per heavy atom. The summed E-state index contributed by atoms with van der Waals surface area (Å²) in [6, 6.07) is 10.7. The Morgan fingerprint density at radius 1 is 1.29 bits per heavy atom. The molecule has 0 fully saturated rings. The molecule has 0 aliphatic heterocycles. The van der Waals surface area contributed by atoms with E-state index >= 15 is 0 Å². The van der Waals surface area contributed by atoms with Crippen LogP contribution in [0.15, 0.2) is 36.4 Å². The molecule has 0 bridgehead atoms. The van der Waals surface area contributed by atoms with Crippen LogP contribution >= 0.6 is 11.3 Å². The van der Waals surface area contributed by atoms with Gasteiger partial charge in [-0.1, -0.05) is 12.1 Å². The van der Waals surface area contributed by atoms with Crippen LogP contribution in [-0.4, -0.2) is 12.0 Å². The van der Waals surface area contributed by atoms with Crippen LogP contribution in [-0.2, 0) is 6.54 Å². The topological polar surface area (TPSA) is 55.2 Å². The molecule has 0 unspecified atom stereocenters. The van der Waals surface area contributed by atoms with Crippen molar-refractivity contribution in [1.29, 1.82) is 0 Å². The largest absolute Gasteiger partial charge is 0.315 e. The third-order valence-electron chi connectivity index (χ3n) is 2.38. The summed E-state index contributed by atoms with van der Waals surface area (Å²) in [5.41, 5.74) is 0.843. The van der Waals surface area contributed by atoms with E-state index in [0.717, 1.165) is 11.4 Å². The lowest BCUT2D eigenvalue weighted by atomic mass is 10.1. The lowest BCUT2D eigenvalue weighted by Crippen LogP contribution is -2.02. The number of thiophene rings is 1. The second-order valence-corrected chi connectivity index (χ2v) is 4.74. The highest BCUT2D eigenvalue weighted by Crippen LogP contribution is 2.34. The molecule has 0 atom stereocenters. The molecule has 0 saturated carbocycles. The van der Waals surface area contributed by atoms with E-state index in [-0.39, 0.29) is 10.6 Å². The van der Waals surface area contributed by atoms with Crippen LogP contribution in [0.2, 0.25) is 0 Å². The summed E-state index contributed by atoms with van der Waals surface area (Å²) in [5, 5.41) is 14.0. The van der Waals surface area contributed by atoms with Gasteiger partial charge in [-0.3, -0.25) is 10.1 Å². The molecule has 0 radical (unpaired) electrons. The van der Waals surface area contributed by atoms with Gasteiger partial charge in [-0.25, -0.2) is 0 Å². The third-order valence-corrected chi connectivity index (χ3v) is 3.50. The molecule has 4 nitrogen and oxygen atoms in total. The number of para-hydroxylation sites is 1. The molecule has 0 spiro atoms. The van der Waals surface area contributed by atoms with Crippen LogP contribution in [0.25, 0.3) is 10.4 Å². The van der Waals surface area contributed by atoms with Gasteiger partial charge in [-0.2, -0.15) is 0 Å². The summed E-state index contributed by atoms with van der Waals surface area (Å²) in [6.45, 7) is 0.783. The van der Waals surface area contributed by atoms with Gasteiger partial charge in [-0.05, 0) is 25.2 Å². The minimum absolute atomic E-state index is 0.158. The van der Waals surface area contributed by atoms with Gasteiger partial charge in [0.05, 0.1) is 10.5 Å². The number of nitrogens with one attached hydrogen (secondary N) is 1. The Balaban J connectivity index is 2.41. The minimum atomic E-state index is -0.340. The fraction of sp³-hybridized carbons (Fsp3) is 0.167. The molecule has 17 heavy (non-hydrogen) atoms. The van der Waals surface area contributed by atoms with Gasteiger partial charge in [0, 0.05) is 22.4 Å². The van der Waals surface area contributed by atoms with E-state index in [4.69, 9.17) is 0 Å². The zero-order valence-corrected chi connectivity index (χ0v) is 10.2. The predicted octanol–water partition coefficient (Wildman–Crippen LogP) is 3.04. The molecule has 5 heteroatoms. The molecule has 1 aromatic heterocycles. The van der Waals surface area contributed by atoms with Gasteiger partial charge in [0.15, 0.2) is 0 Å². The summed E-state index contributed by atoms with van der Waals surface area (Å²) < 4.78 is 0. The second-order valence-electron chi connectivity index (χ2n) is 3.57. The van der Waals surface area contributed by atoms with Crippen molar-refractivity contribution in [2.45, 2.75) is 6.54 Å². The van der Waals surface area contributed by atoms with Crippen molar-refractivity contribution in [2.75, 3.05) is 7.05 Å². The van der Waals surface area contributed by atoms with Crippen LogP contribution in [0.5, 0.6) is 0 Å². The lowest BCUT2D eigenvalue weighted by molar-refractivity contribution is -0.384. The van der Waals surface area contributed by atoms with Crippen molar-refractivity contribution in [2.24, 2.45) is 0 Å². The zero-order valence-electron chi connectivity index (χ0n) is 9.34. The first-order valence-corrected chi connectivity index (χ1v) is 6.01. The van der Waals surface area contributed by atoms with Crippen LogP contribution in [0.1, 0.15) is 4.88 Å². The van der Waals surface area contributed by atoms with Crippen LogP contribution in [0.3, 0.4) is 0 Å². The molecule has 1 N–H and O–H groups in total. The van der Waals surface area contributed by atoms with Crippen molar-refractivity contribution >= 4 is 17.0 Å². The number of nitro benzene ring substituents is 1. The maximum absolute atomic E-state index is 10.9. The van der Waals surface area contributed by atoms with Gasteiger partial charge in [-0.15, -0.1) is 11.3 Å². The molecule has 1 aromatic carbocycles. The standard InChI is InChI=1S/C12H12N2O2S/c1-13-8-9-6-7-12(17-9)10-4-2-3-5-11(10)14(15)16/h2-7,13H,8H2,1H3. The van der Waals surface area contributed by atoms with Gasteiger partial charge >= 0.3 is 0 Å². The molecule has 2 rings (SSSR count). The molecule has 0 saturated heterocycles. The van der Waals surface area contributed by atoms with Crippen molar-refractivity contribution in [1.82, 2.24) is 5.32 Å². The second kappa shape index (κ2) is 5.07. The Hall–Kier alpha value is -1.72. The molecule has 0 aliphatic carbocycles. The number of nitro groups is 1. The van der Waals surface area contributed by atoms with Gasteiger partial charge in [0.25, 0.3) is 5.69 Å². The van der Waals surface area contributed by atoms with Crippen LogP contribution in [0, 0.1) is 10.1 Å². The monoisotopic (exact) mass is 248 g/mol. The Morgan fingerprint density at radius 3 is 2.76 bits per heavy atom. The van der Waals surface area contributed by atoms with Gasteiger partial charge in [0.2, 0.25) is 0 Å². The molecule has 88 valence electrons. The van der Waals surface area contributed by atoms with E-state index in [1.807, 2.05) is 25.2 Å².